The summed E-state index contributed by atoms with van der Waals surface area (Å²) < 4.78 is 42.2. The van der Waals surface area contributed by atoms with Crippen LogP contribution < -0.4 is 4.74 Å². The van der Waals surface area contributed by atoms with Gasteiger partial charge in [-0.05, 0) is 12.1 Å². The van der Waals surface area contributed by atoms with Crippen molar-refractivity contribution in [2.45, 2.75) is 6.18 Å². The second-order valence-electron chi connectivity index (χ2n) is 3.51. The number of carboxylic acid groups (broad SMARTS) is 1. The van der Waals surface area contributed by atoms with Gasteiger partial charge in [-0.15, -0.1) is 0 Å². The quantitative estimate of drug-likeness (QED) is 0.772. The fourth-order valence-corrected chi connectivity index (χ4v) is 1.59. The van der Waals surface area contributed by atoms with Crippen molar-refractivity contribution in [1.82, 2.24) is 0 Å². The number of alkyl halides is 3. The molecule has 1 aliphatic heterocycles. The molecule has 3 nitrogen and oxygen atoms in total. The molecule has 2 rings (SSSR count). The third-order valence-corrected chi connectivity index (χ3v) is 2.34. The molecule has 0 bridgehead atoms. The Bertz CT molecular complexity index is 503. The van der Waals surface area contributed by atoms with Crippen molar-refractivity contribution in [3.63, 3.8) is 0 Å². The van der Waals surface area contributed by atoms with Crippen molar-refractivity contribution in [1.29, 1.82) is 0 Å². The standard InChI is InChI=1S/C11H7F3O3/c12-11(13,14)7-1-2-8-6(3-10(15)16)5-17-9(8)4-7/h1-4H,5H2,(H,15,16). The second-order valence-corrected chi connectivity index (χ2v) is 3.51. The molecular weight excluding hydrogens is 237 g/mol. The van der Waals surface area contributed by atoms with Gasteiger partial charge in [-0.3, -0.25) is 0 Å². The number of aliphatic carboxylic acids is 1. The molecule has 0 saturated carbocycles. The first-order valence-corrected chi connectivity index (χ1v) is 4.66. The maximum atomic E-state index is 12.4. The van der Waals surface area contributed by atoms with Gasteiger partial charge in [0, 0.05) is 17.2 Å². The van der Waals surface area contributed by atoms with Gasteiger partial charge in [0.25, 0.3) is 0 Å². The summed E-state index contributed by atoms with van der Waals surface area (Å²) in [5.74, 6) is -1.09. The molecule has 1 aromatic rings. The van der Waals surface area contributed by atoms with Crippen LogP contribution in [0.2, 0.25) is 0 Å². The zero-order valence-corrected chi connectivity index (χ0v) is 8.41. The predicted molar refractivity (Wildman–Crippen MR) is 52.6 cm³/mol. The molecular formula is C11H7F3O3. The second kappa shape index (κ2) is 3.80. The molecule has 0 fully saturated rings. The van der Waals surface area contributed by atoms with Crippen LogP contribution in [0, 0.1) is 0 Å². The minimum absolute atomic E-state index is 0.0249. The summed E-state index contributed by atoms with van der Waals surface area (Å²) in [4.78, 5) is 10.5. The molecule has 0 amide bonds. The van der Waals surface area contributed by atoms with Crippen LogP contribution in [0.1, 0.15) is 11.1 Å². The maximum absolute atomic E-state index is 12.4. The topological polar surface area (TPSA) is 46.5 Å². The third kappa shape index (κ3) is 2.25. The van der Waals surface area contributed by atoms with Crippen LogP contribution in [-0.4, -0.2) is 17.7 Å². The van der Waals surface area contributed by atoms with Crippen LogP contribution in [0.5, 0.6) is 5.75 Å². The molecule has 0 aliphatic carbocycles. The fraction of sp³-hybridized carbons (Fsp3) is 0.182. The van der Waals surface area contributed by atoms with E-state index in [0.29, 0.717) is 11.1 Å². The van der Waals surface area contributed by atoms with E-state index in [-0.39, 0.29) is 12.4 Å². The largest absolute Gasteiger partial charge is 0.488 e. The number of halogens is 3. The lowest BCUT2D eigenvalue weighted by Gasteiger charge is -2.07. The summed E-state index contributed by atoms with van der Waals surface area (Å²) >= 11 is 0. The summed E-state index contributed by atoms with van der Waals surface area (Å²) in [6.07, 6.45) is -3.50. The zero-order chi connectivity index (χ0) is 12.6. The number of carboxylic acids is 1. The van der Waals surface area contributed by atoms with E-state index >= 15 is 0 Å². The molecule has 1 heterocycles. The number of carbonyl (C=O) groups is 1. The van der Waals surface area contributed by atoms with E-state index in [9.17, 15) is 18.0 Å². The lowest BCUT2D eigenvalue weighted by atomic mass is 10.0. The van der Waals surface area contributed by atoms with Gasteiger partial charge < -0.3 is 9.84 Å². The smallest absolute Gasteiger partial charge is 0.416 e. The SMILES string of the molecule is O=C(O)C=C1COc2cc(C(F)(F)F)ccc21. The highest BCUT2D eigenvalue weighted by Crippen LogP contribution is 2.38. The summed E-state index contributed by atoms with van der Waals surface area (Å²) in [6.45, 7) is -0.0249. The summed E-state index contributed by atoms with van der Waals surface area (Å²) in [7, 11) is 0. The van der Waals surface area contributed by atoms with Gasteiger partial charge in [0.1, 0.15) is 12.4 Å². The maximum Gasteiger partial charge on any atom is 0.416 e. The van der Waals surface area contributed by atoms with Crippen molar-refractivity contribution < 1.29 is 27.8 Å². The Morgan fingerprint density at radius 1 is 1.41 bits per heavy atom. The van der Waals surface area contributed by atoms with Gasteiger partial charge in [0.05, 0.1) is 5.56 Å². The van der Waals surface area contributed by atoms with Crippen LogP contribution >= 0.6 is 0 Å². The first-order chi connectivity index (χ1) is 7.88. The number of ether oxygens (including phenoxy) is 1. The molecule has 0 radical (unpaired) electrons. The predicted octanol–water partition coefficient (Wildman–Crippen LogP) is 2.57. The van der Waals surface area contributed by atoms with E-state index < -0.39 is 17.7 Å². The molecule has 0 atom stereocenters. The summed E-state index contributed by atoms with van der Waals surface area (Å²) in [5.41, 5.74) is -0.0607. The Labute approximate surface area is 94.1 Å². The average molecular weight is 244 g/mol. The monoisotopic (exact) mass is 244 g/mol. The van der Waals surface area contributed by atoms with Crippen LogP contribution in [0.3, 0.4) is 0 Å². The van der Waals surface area contributed by atoms with E-state index in [0.717, 1.165) is 18.2 Å². The highest BCUT2D eigenvalue weighted by molar-refractivity contribution is 5.92. The average Bonchev–Trinajstić information content (AvgIpc) is 2.59. The van der Waals surface area contributed by atoms with Gasteiger partial charge in [0.2, 0.25) is 0 Å². The van der Waals surface area contributed by atoms with Crippen molar-refractivity contribution in [2.75, 3.05) is 6.61 Å². The van der Waals surface area contributed by atoms with E-state index in [4.69, 9.17) is 9.84 Å². The van der Waals surface area contributed by atoms with E-state index in [1.54, 1.807) is 0 Å². The summed E-state index contributed by atoms with van der Waals surface area (Å²) in [5, 5.41) is 8.57. The Morgan fingerprint density at radius 3 is 2.71 bits per heavy atom. The van der Waals surface area contributed by atoms with Gasteiger partial charge in [-0.2, -0.15) is 13.2 Å². The normalized spacial score (nSPS) is 16.8. The summed E-state index contributed by atoms with van der Waals surface area (Å²) in [6, 6.07) is 3.00. The first kappa shape index (κ1) is 11.5. The molecule has 0 spiro atoms. The van der Waals surface area contributed by atoms with Gasteiger partial charge in [-0.1, -0.05) is 6.07 Å². The Balaban J connectivity index is 2.42. The minimum Gasteiger partial charge on any atom is -0.488 e. The van der Waals surface area contributed by atoms with Crippen molar-refractivity contribution in [3.8, 4) is 5.75 Å². The lowest BCUT2D eigenvalue weighted by Crippen LogP contribution is -2.04. The highest BCUT2D eigenvalue weighted by Gasteiger charge is 2.32. The highest BCUT2D eigenvalue weighted by atomic mass is 19.4. The minimum atomic E-state index is -4.43. The molecule has 1 aromatic carbocycles. The Morgan fingerprint density at radius 2 is 2.12 bits per heavy atom. The van der Waals surface area contributed by atoms with Crippen LogP contribution in [0.25, 0.3) is 5.57 Å². The van der Waals surface area contributed by atoms with Crippen LogP contribution in [0.4, 0.5) is 13.2 Å². The first-order valence-electron chi connectivity index (χ1n) is 4.66. The zero-order valence-electron chi connectivity index (χ0n) is 8.41. The van der Waals surface area contributed by atoms with E-state index in [1.807, 2.05) is 0 Å². The molecule has 1 aliphatic rings. The number of fused-ring (bicyclic) bond motifs is 1. The van der Waals surface area contributed by atoms with Crippen molar-refractivity contribution >= 4 is 11.5 Å². The molecule has 6 heteroatoms. The molecule has 0 saturated heterocycles. The van der Waals surface area contributed by atoms with E-state index in [1.165, 1.54) is 6.07 Å². The number of benzene rings is 1. The lowest BCUT2D eigenvalue weighted by molar-refractivity contribution is -0.137. The molecule has 0 aromatic heterocycles. The third-order valence-electron chi connectivity index (χ3n) is 2.34. The molecule has 0 unspecified atom stereocenters. The molecule has 90 valence electrons. The van der Waals surface area contributed by atoms with E-state index in [2.05, 4.69) is 0 Å². The Hall–Kier alpha value is -1.98. The van der Waals surface area contributed by atoms with Crippen LogP contribution in [0.15, 0.2) is 24.3 Å². The molecule has 17 heavy (non-hydrogen) atoms. The van der Waals surface area contributed by atoms with Gasteiger partial charge in [-0.25, -0.2) is 4.79 Å². The van der Waals surface area contributed by atoms with Gasteiger partial charge in [0.15, 0.2) is 0 Å². The van der Waals surface area contributed by atoms with Crippen LogP contribution in [-0.2, 0) is 11.0 Å². The number of hydrogen-bond acceptors (Lipinski definition) is 2. The number of hydrogen-bond donors (Lipinski definition) is 1. The number of rotatable bonds is 1. The Kier molecular flexibility index (Phi) is 2.57. The molecule has 1 N–H and O–H groups in total. The fourth-order valence-electron chi connectivity index (χ4n) is 1.59. The van der Waals surface area contributed by atoms with Crippen molar-refractivity contribution in [3.05, 3.63) is 35.4 Å². The van der Waals surface area contributed by atoms with Crippen molar-refractivity contribution in [2.24, 2.45) is 0 Å². The van der Waals surface area contributed by atoms with Gasteiger partial charge >= 0.3 is 12.1 Å².